The molecule has 0 aliphatic rings. The van der Waals surface area contributed by atoms with Gasteiger partial charge in [0.15, 0.2) is 0 Å². The lowest BCUT2D eigenvalue weighted by Gasteiger charge is -2.20. The highest BCUT2D eigenvalue weighted by Gasteiger charge is 2.20. The maximum absolute atomic E-state index is 11.1. The number of allylic oxidation sites excluding steroid dienone is 1. The Morgan fingerprint density at radius 3 is 2.50 bits per heavy atom. The first kappa shape index (κ1) is 22.0. The summed E-state index contributed by atoms with van der Waals surface area (Å²) in [5.41, 5.74) is 6.00. The van der Waals surface area contributed by atoms with Crippen molar-refractivity contribution >= 4 is 33.0 Å². The van der Waals surface area contributed by atoms with Gasteiger partial charge in [0.25, 0.3) is 0 Å². The summed E-state index contributed by atoms with van der Waals surface area (Å²) in [5, 5.41) is 12.3. The largest absolute Gasteiger partial charge is 0.493 e. The molecule has 1 N–H and O–H groups in total. The van der Waals surface area contributed by atoms with E-state index in [0.29, 0.717) is 29.7 Å². The highest BCUT2D eigenvalue weighted by atomic mass is 32.1. The second kappa shape index (κ2) is 9.00. The van der Waals surface area contributed by atoms with Gasteiger partial charge >= 0.3 is 5.97 Å². The number of ether oxygens (including phenoxy) is 1. The van der Waals surface area contributed by atoms with E-state index in [1.54, 1.807) is 18.3 Å². The number of carboxylic acids is 1. The molecule has 0 bridgehead atoms. The van der Waals surface area contributed by atoms with Gasteiger partial charge < -0.3 is 9.84 Å². The number of benzene rings is 1. The van der Waals surface area contributed by atoms with Crippen LogP contribution in [0.2, 0.25) is 0 Å². The van der Waals surface area contributed by atoms with Gasteiger partial charge in [-0.05, 0) is 59.9 Å². The van der Waals surface area contributed by atoms with Crippen LogP contribution < -0.4 is 4.74 Å². The van der Waals surface area contributed by atoms with E-state index in [0.717, 1.165) is 27.0 Å². The monoisotopic (exact) mass is 423 g/mol. The molecular formula is C25H29NO3S. The number of carbonyl (C=O) groups is 1. The average molecular weight is 424 g/mol. The first-order valence-electron chi connectivity index (χ1n) is 10.3. The summed E-state index contributed by atoms with van der Waals surface area (Å²) < 4.78 is 7.24. The predicted molar refractivity (Wildman–Crippen MR) is 126 cm³/mol. The Morgan fingerprint density at radius 2 is 1.90 bits per heavy atom. The molecular weight excluding hydrogens is 394 g/mol. The zero-order valence-electron chi connectivity index (χ0n) is 18.4. The molecule has 0 spiro atoms. The lowest BCUT2D eigenvalue weighted by Crippen LogP contribution is -2.03. The van der Waals surface area contributed by atoms with Crippen molar-refractivity contribution in [3.8, 4) is 16.9 Å². The summed E-state index contributed by atoms with van der Waals surface area (Å²) in [6.07, 6.45) is 3.02. The third kappa shape index (κ3) is 4.41. The smallest absolute Gasteiger partial charge is 0.328 e. The Morgan fingerprint density at radius 1 is 1.17 bits per heavy atom. The van der Waals surface area contributed by atoms with E-state index in [9.17, 15) is 4.79 Å². The fourth-order valence-electron chi connectivity index (χ4n) is 3.56. The molecule has 0 saturated carbocycles. The molecule has 2 aromatic heterocycles. The molecule has 0 fully saturated rings. The zero-order valence-corrected chi connectivity index (χ0v) is 19.3. The number of rotatable bonds is 7. The first-order chi connectivity index (χ1) is 14.2. The third-order valence-electron chi connectivity index (χ3n) is 5.21. The zero-order chi connectivity index (χ0) is 22.0. The van der Waals surface area contributed by atoms with E-state index in [-0.39, 0.29) is 0 Å². The molecule has 0 amide bonds. The number of pyridine rings is 1. The van der Waals surface area contributed by atoms with Gasteiger partial charge in [-0.1, -0.05) is 33.8 Å². The molecule has 158 valence electrons. The minimum absolute atomic E-state index is 0.340. The number of thiophene rings is 1. The molecule has 2 heterocycles. The van der Waals surface area contributed by atoms with Crippen LogP contribution in [0.3, 0.4) is 0 Å². The molecule has 3 rings (SSSR count). The van der Waals surface area contributed by atoms with E-state index in [2.05, 4.69) is 50.2 Å². The van der Waals surface area contributed by atoms with E-state index in [1.165, 1.54) is 17.2 Å². The fourth-order valence-corrected chi connectivity index (χ4v) is 4.47. The van der Waals surface area contributed by atoms with Crippen molar-refractivity contribution in [1.29, 1.82) is 0 Å². The molecule has 5 heteroatoms. The first-order valence-corrected chi connectivity index (χ1v) is 11.2. The molecule has 0 radical (unpaired) electrons. The second-order valence-electron chi connectivity index (χ2n) is 8.11. The summed E-state index contributed by atoms with van der Waals surface area (Å²) in [5.74, 6) is 0.712. The van der Waals surface area contributed by atoms with Gasteiger partial charge in [0.2, 0.25) is 0 Å². The van der Waals surface area contributed by atoms with Gasteiger partial charge in [-0.15, -0.1) is 11.3 Å². The number of hydrogen-bond acceptors (Lipinski definition) is 4. The lowest BCUT2D eigenvalue weighted by molar-refractivity contribution is -0.131. The summed E-state index contributed by atoms with van der Waals surface area (Å²) >= 11 is 1.64. The van der Waals surface area contributed by atoms with Gasteiger partial charge in [-0.2, -0.15) is 0 Å². The second-order valence-corrected chi connectivity index (χ2v) is 9.02. The molecule has 30 heavy (non-hydrogen) atoms. The molecule has 0 unspecified atom stereocenters. The SMILES string of the molecule is CCOc1c(-c2csc3cnc(/C(C)=C/C(=O)O)cc23)cc(C(C)C)cc1C(C)C. The van der Waals surface area contributed by atoms with Crippen molar-refractivity contribution in [1.82, 2.24) is 4.98 Å². The van der Waals surface area contributed by atoms with Gasteiger partial charge in [0, 0.05) is 28.8 Å². The maximum Gasteiger partial charge on any atom is 0.328 e. The van der Waals surface area contributed by atoms with Gasteiger partial charge in [0.1, 0.15) is 5.75 Å². The summed E-state index contributed by atoms with van der Waals surface area (Å²) in [7, 11) is 0. The van der Waals surface area contributed by atoms with Gasteiger partial charge in [0.05, 0.1) is 17.0 Å². The van der Waals surface area contributed by atoms with Crippen molar-refractivity contribution in [3.05, 3.63) is 52.7 Å². The molecule has 3 aromatic rings. The number of aromatic nitrogens is 1. The minimum Gasteiger partial charge on any atom is -0.493 e. The number of nitrogens with zero attached hydrogens (tertiary/aromatic N) is 1. The van der Waals surface area contributed by atoms with E-state index >= 15 is 0 Å². The molecule has 0 aliphatic heterocycles. The normalized spacial score (nSPS) is 12.2. The van der Waals surface area contributed by atoms with Crippen LogP contribution in [0.15, 0.2) is 35.9 Å². The molecule has 1 aromatic carbocycles. The van der Waals surface area contributed by atoms with Crippen LogP contribution in [0.4, 0.5) is 0 Å². The third-order valence-corrected chi connectivity index (χ3v) is 6.15. The molecule has 0 saturated heterocycles. The maximum atomic E-state index is 11.1. The summed E-state index contributed by atoms with van der Waals surface area (Å²) in [6.45, 7) is 13.2. The van der Waals surface area contributed by atoms with E-state index in [1.807, 2.05) is 19.2 Å². The minimum atomic E-state index is -0.968. The van der Waals surface area contributed by atoms with Crippen LogP contribution in [-0.4, -0.2) is 22.7 Å². The quantitative estimate of drug-likeness (QED) is 0.412. The van der Waals surface area contributed by atoms with Gasteiger partial charge in [-0.3, -0.25) is 4.98 Å². The molecule has 0 aliphatic carbocycles. The van der Waals surface area contributed by atoms with Gasteiger partial charge in [-0.25, -0.2) is 4.79 Å². The van der Waals surface area contributed by atoms with Crippen molar-refractivity contribution in [2.45, 2.75) is 53.4 Å². The Balaban J connectivity index is 2.29. The van der Waals surface area contributed by atoms with Crippen LogP contribution in [0.1, 0.15) is 70.2 Å². The molecule has 4 nitrogen and oxygen atoms in total. The Hall–Kier alpha value is -2.66. The number of carboxylic acid groups (broad SMARTS) is 1. The number of hydrogen-bond donors (Lipinski definition) is 1. The average Bonchev–Trinajstić information content (AvgIpc) is 3.10. The summed E-state index contributed by atoms with van der Waals surface area (Å²) in [4.78, 5) is 15.6. The fraction of sp³-hybridized carbons (Fsp3) is 0.360. The number of fused-ring (bicyclic) bond motifs is 1. The van der Waals surface area contributed by atoms with Crippen LogP contribution in [0.25, 0.3) is 26.8 Å². The van der Waals surface area contributed by atoms with Crippen molar-refractivity contribution in [2.75, 3.05) is 6.61 Å². The Labute approximate surface area is 182 Å². The topological polar surface area (TPSA) is 59.4 Å². The Bertz CT molecular complexity index is 1110. The standard InChI is InChI=1S/C25H29NO3S/c1-7-29-25-18(15(4)5)9-17(14(2)3)10-20(25)21-13-30-23-12-26-22(11-19(21)23)16(6)8-24(27)28/h8-15H,7H2,1-6H3,(H,27,28)/b16-8+. The van der Waals surface area contributed by atoms with Crippen LogP contribution in [-0.2, 0) is 4.79 Å². The van der Waals surface area contributed by atoms with E-state index < -0.39 is 5.97 Å². The predicted octanol–water partition coefficient (Wildman–Crippen LogP) is 7.10. The Kier molecular flexibility index (Phi) is 6.61. The highest BCUT2D eigenvalue weighted by molar-refractivity contribution is 7.17. The van der Waals surface area contributed by atoms with Crippen LogP contribution in [0.5, 0.6) is 5.75 Å². The van der Waals surface area contributed by atoms with Crippen LogP contribution >= 0.6 is 11.3 Å². The van der Waals surface area contributed by atoms with Crippen molar-refractivity contribution in [3.63, 3.8) is 0 Å². The van der Waals surface area contributed by atoms with Crippen molar-refractivity contribution in [2.24, 2.45) is 0 Å². The lowest BCUT2D eigenvalue weighted by atomic mass is 9.89. The number of aliphatic carboxylic acids is 1. The summed E-state index contributed by atoms with van der Waals surface area (Å²) in [6, 6.07) is 6.50. The van der Waals surface area contributed by atoms with Crippen molar-refractivity contribution < 1.29 is 14.6 Å². The van der Waals surface area contributed by atoms with E-state index in [4.69, 9.17) is 9.84 Å². The molecule has 0 atom stereocenters. The highest BCUT2D eigenvalue weighted by Crippen LogP contribution is 2.44. The van der Waals surface area contributed by atoms with Crippen LogP contribution in [0, 0.1) is 0 Å².